The number of halogens is 1. The molecule has 1 unspecified atom stereocenters. The number of benzene rings is 1. The highest BCUT2D eigenvalue weighted by Gasteiger charge is 2.19. The van der Waals surface area contributed by atoms with Crippen LogP contribution in [0.5, 0.6) is 0 Å². The van der Waals surface area contributed by atoms with Crippen LogP contribution in [-0.4, -0.2) is 32.4 Å². The van der Waals surface area contributed by atoms with E-state index in [4.69, 9.17) is 0 Å². The SMILES string of the molecule is C=CCN1CCc2cc(-c3cncn3CC(C)n3nc(C)cc3C)ccc21.Cl. The number of nitrogens with zero attached hydrogens (tertiary/aromatic N) is 5. The zero-order chi connectivity index (χ0) is 19.0. The summed E-state index contributed by atoms with van der Waals surface area (Å²) in [6, 6.07) is 9.16. The van der Waals surface area contributed by atoms with Gasteiger partial charge < -0.3 is 9.47 Å². The van der Waals surface area contributed by atoms with Crippen LogP contribution in [0.3, 0.4) is 0 Å². The van der Waals surface area contributed by atoms with Crippen molar-refractivity contribution in [1.29, 1.82) is 0 Å². The Hall–Kier alpha value is -2.53. The summed E-state index contributed by atoms with van der Waals surface area (Å²) in [6.45, 7) is 13.0. The van der Waals surface area contributed by atoms with Crippen molar-refractivity contribution in [2.24, 2.45) is 0 Å². The van der Waals surface area contributed by atoms with Gasteiger partial charge in [-0.15, -0.1) is 19.0 Å². The molecule has 0 amide bonds. The number of fused-ring (bicyclic) bond motifs is 1. The molecule has 1 aliphatic rings. The second kappa shape index (κ2) is 8.23. The van der Waals surface area contributed by atoms with Gasteiger partial charge in [0, 0.05) is 36.6 Å². The average molecular weight is 398 g/mol. The molecule has 148 valence electrons. The van der Waals surface area contributed by atoms with Gasteiger partial charge in [-0.1, -0.05) is 12.1 Å². The molecule has 0 N–H and O–H groups in total. The number of aromatic nitrogens is 4. The first kappa shape index (κ1) is 20.2. The van der Waals surface area contributed by atoms with E-state index in [2.05, 4.69) is 68.9 Å². The van der Waals surface area contributed by atoms with Crippen LogP contribution in [0.25, 0.3) is 11.3 Å². The molecule has 5 nitrogen and oxygen atoms in total. The van der Waals surface area contributed by atoms with Crippen LogP contribution < -0.4 is 4.90 Å². The van der Waals surface area contributed by atoms with E-state index in [1.165, 1.54) is 22.5 Å². The molecule has 0 saturated heterocycles. The zero-order valence-corrected chi connectivity index (χ0v) is 17.6. The first-order valence-corrected chi connectivity index (χ1v) is 9.59. The van der Waals surface area contributed by atoms with Gasteiger partial charge in [0.15, 0.2) is 0 Å². The first-order valence-electron chi connectivity index (χ1n) is 9.59. The predicted molar refractivity (Wildman–Crippen MR) is 117 cm³/mol. The van der Waals surface area contributed by atoms with Gasteiger partial charge in [0.25, 0.3) is 0 Å². The Bertz CT molecular complexity index is 971. The minimum absolute atomic E-state index is 0. The van der Waals surface area contributed by atoms with E-state index >= 15 is 0 Å². The fourth-order valence-electron chi connectivity index (χ4n) is 4.14. The summed E-state index contributed by atoms with van der Waals surface area (Å²) in [5.74, 6) is 0. The molecule has 0 bridgehead atoms. The normalized spacial score (nSPS) is 13.9. The number of imidazole rings is 1. The molecule has 0 fully saturated rings. The smallest absolute Gasteiger partial charge is 0.0951 e. The number of hydrogen-bond donors (Lipinski definition) is 0. The van der Waals surface area contributed by atoms with Crippen LogP contribution in [-0.2, 0) is 13.0 Å². The molecule has 0 radical (unpaired) electrons. The third-order valence-electron chi connectivity index (χ3n) is 5.35. The molecular weight excluding hydrogens is 370 g/mol. The van der Waals surface area contributed by atoms with E-state index in [-0.39, 0.29) is 18.4 Å². The van der Waals surface area contributed by atoms with Gasteiger partial charge in [0.2, 0.25) is 0 Å². The summed E-state index contributed by atoms with van der Waals surface area (Å²) >= 11 is 0. The molecule has 0 saturated carbocycles. The molecule has 0 aliphatic carbocycles. The Morgan fingerprint density at radius 1 is 1.25 bits per heavy atom. The molecule has 1 aliphatic heterocycles. The van der Waals surface area contributed by atoms with E-state index < -0.39 is 0 Å². The van der Waals surface area contributed by atoms with E-state index in [1.54, 1.807) is 0 Å². The van der Waals surface area contributed by atoms with Crippen LogP contribution in [0, 0.1) is 13.8 Å². The molecule has 6 heteroatoms. The molecule has 3 heterocycles. The van der Waals surface area contributed by atoms with E-state index in [0.717, 1.165) is 37.4 Å². The lowest BCUT2D eigenvalue weighted by molar-refractivity contribution is 0.418. The van der Waals surface area contributed by atoms with Gasteiger partial charge in [0.1, 0.15) is 0 Å². The quantitative estimate of drug-likeness (QED) is 0.571. The fourth-order valence-corrected chi connectivity index (χ4v) is 4.14. The molecule has 4 rings (SSSR count). The van der Waals surface area contributed by atoms with E-state index in [1.807, 2.05) is 25.5 Å². The summed E-state index contributed by atoms with van der Waals surface area (Å²) in [4.78, 5) is 6.80. The maximum Gasteiger partial charge on any atom is 0.0951 e. The Morgan fingerprint density at radius 3 is 2.79 bits per heavy atom. The van der Waals surface area contributed by atoms with Crippen LogP contribution >= 0.6 is 12.4 Å². The monoisotopic (exact) mass is 397 g/mol. The summed E-state index contributed by atoms with van der Waals surface area (Å²) in [6.07, 6.45) is 6.95. The molecule has 1 aromatic carbocycles. The molecule has 3 aromatic rings. The highest BCUT2D eigenvalue weighted by molar-refractivity contribution is 5.85. The van der Waals surface area contributed by atoms with E-state index in [9.17, 15) is 0 Å². The lowest BCUT2D eigenvalue weighted by Crippen LogP contribution is -2.19. The average Bonchev–Trinajstić information content (AvgIpc) is 3.34. The Morgan fingerprint density at radius 2 is 2.07 bits per heavy atom. The first-order chi connectivity index (χ1) is 13.1. The van der Waals surface area contributed by atoms with Crippen LogP contribution in [0.1, 0.15) is 29.9 Å². The van der Waals surface area contributed by atoms with Gasteiger partial charge in [-0.3, -0.25) is 4.68 Å². The summed E-state index contributed by atoms with van der Waals surface area (Å²) in [5, 5.41) is 4.64. The summed E-state index contributed by atoms with van der Waals surface area (Å²) < 4.78 is 4.34. The maximum atomic E-state index is 4.64. The van der Waals surface area contributed by atoms with Crippen molar-refractivity contribution in [3.8, 4) is 11.3 Å². The van der Waals surface area contributed by atoms with Gasteiger partial charge >= 0.3 is 0 Å². The Balaban J connectivity index is 0.00000225. The number of anilines is 1. The van der Waals surface area contributed by atoms with Crippen molar-refractivity contribution in [2.75, 3.05) is 18.0 Å². The largest absolute Gasteiger partial charge is 0.367 e. The zero-order valence-electron chi connectivity index (χ0n) is 16.8. The minimum atomic E-state index is 0. The third-order valence-corrected chi connectivity index (χ3v) is 5.35. The van der Waals surface area contributed by atoms with Gasteiger partial charge in [-0.25, -0.2) is 4.98 Å². The van der Waals surface area contributed by atoms with E-state index in [0.29, 0.717) is 0 Å². The number of aryl methyl sites for hydroxylation is 2. The Labute approximate surface area is 173 Å². The lowest BCUT2D eigenvalue weighted by atomic mass is 10.1. The van der Waals surface area contributed by atoms with Crippen LogP contribution in [0.2, 0.25) is 0 Å². The van der Waals surface area contributed by atoms with Crippen molar-refractivity contribution >= 4 is 18.1 Å². The standard InChI is InChI=1S/C22H27N5.ClH/c1-5-9-25-10-8-20-12-19(6-7-21(20)25)22-13-23-15-26(22)14-18(4)27-17(3)11-16(2)24-27;/h5-7,11-13,15,18H,1,8-10,14H2,2-4H3;1H. The van der Waals surface area contributed by atoms with Gasteiger partial charge in [-0.2, -0.15) is 5.10 Å². The van der Waals surface area contributed by atoms with Crippen molar-refractivity contribution in [3.63, 3.8) is 0 Å². The summed E-state index contributed by atoms with van der Waals surface area (Å²) in [5.41, 5.74) is 7.39. The lowest BCUT2D eigenvalue weighted by Gasteiger charge is -2.18. The predicted octanol–water partition coefficient (Wildman–Crippen LogP) is 4.59. The number of hydrogen-bond acceptors (Lipinski definition) is 3. The fraction of sp³-hybridized carbons (Fsp3) is 0.364. The molecule has 28 heavy (non-hydrogen) atoms. The van der Waals surface area contributed by atoms with Crippen molar-refractivity contribution in [3.05, 3.63) is 66.4 Å². The van der Waals surface area contributed by atoms with Crippen molar-refractivity contribution < 1.29 is 0 Å². The second-order valence-electron chi connectivity index (χ2n) is 7.48. The second-order valence-corrected chi connectivity index (χ2v) is 7.48. The topological polar surface area (TPSA) is 38.9 Å². The number of rotatable bonds is 6. The minimum Gasteiger partial charge on any atom is -0.367 e. The van der Waals surface area contributed by atoms with Gasteiger partial charge in [-0.05, 0) is 51.0 Å². The third kappa shape index (κ3) is 3.72. The maximum absolute atomic E-state index is 4.64. The highest BCUT2D eigenvalue weighted by Crippen LogP contribution is 2.32. The Kier molecular flexibility index (Phi) is 5.94. The molecule has 0 spiro atoms. The molecular formula is C22H28ClN5. The van der Waals surface area contributed by atoms with Crippen molar-refractivity contribution in [1.82, 2.24) is 19.3 Å². The van der Waals surface area contributed by atoms with Gasteiger partial charge in [0.05, 0.1) is 30.0 Å². The highest BCUT2D eigenvalue weighted by atomic mass is 35.5. The van der Waals surface area contributed by atoms with Crippen molar-refractivity contribution in [2.45, 2.75) is 39.8 Å². The summed E-state index contributed by atoms with van der Waals surface area (Å²) in [7, 11) is 0. The van der Waals surface area contributed by atoms with Crippen LogP contribution in [0.15, 0.2) is 49.4 Å². The molecule has 1 atom stereocenters. The molecule has 2 aromatic heterocycles. The van der Waals surface area contributed by atoms with Crippen LogP contribution in [0.4, 0.5) is 5.69 Å².